The minimum absolute atomic E-state index is 0.0250. The first kappa shape index (κ1) is 13.4. The summed E-state index contributed by atoms with van der Waals surface area (Å²) >= 11 is 0. The third-order valence-corrected chi connectivity index (χ3v) is 3.51. The molecule has 100 valence electrons. The first-order valence-corrected chi connectivity index (χ1v) is 6.68. The molecule has 0 spiro atoms. The van der Waals surface area contributed by atoms with Gasteiger partial charge < -0.3 is 15.2 Å². The average molecular weight is 249 g/mol. The van der Waals surface area contributed by atoms with E-state index in [1.54, 1.807) is 0 Å². The Morgan fingerprint density at radius 3 is 2.78 bits per heavy atom. The molecule has 1 fully saturated rings. The molecule has 3 heteroatoms. The van der Waals surface area contributed by atoms with Gasteiger partial charge >= 0.3 is 0 Å². The van der Waals surface area contributed by atoms with Gasteiger partial charge in [0, 0.05) is 12.6 Å². The second kappa shape index (κ2) is 5.72. The van der Waals surface area contributed by atoms with E-state index in [2.05, 4.69) is 32.9 Å². The molecule has 2 unspecified atom stereocenters. The highest BCUT2D eigenvalue weighted by Gasteiger charge is 2.24. The van der Waals surface area contributed by atoms with Crippen LogP contribution < -0.4 is 10.5 Å². The minimum Gasteiger partial charge on any atom is -0.486 e. The van der Waals surface area contributed by atoms with Crippen LogP contribution in [-0.4, -0.2) is 25.4 Å². The quantitative estimate of drug-likeness (QED) is 0.895. The fourth-order valence-corrected chi connectivity index (χ4v) is 2.39. The van der Waals surface area contributed by atoms with E-state index in [9.17, 15) is 0 Å². The maximum Gasteiger partial charge on any atom is 0.137 e. The summed E-state index contributed by atoms with van der Waals surface area (Å²) in [7, 11) is 0. The van der Waals surface area contributed by atoms with Gasteiger partial charge in [-0.1, -0.05) is 19.9 Å². The van der Waals surface area contributed by atoms with Crippen LogP contribution in [0.25, 0.3) is 0 Å². The summed E-state index contributed by atoms with van der Waals surface area (Å²) in [5, 5.41) is 0. The molecule has 1 aliphatic heterocycles. The smallest absolute Gasteiger partial charge is 0.137 e. The van der Waals surface area contributed by atoms with Gasteiger partial charge in [0.25, 0.3) is 0 Å². The van der Waals surface area contributed by atoms with Crippen LogP contribution in [-0.2, 0) is 4.74 Å². The SMILES string of the molecule is Cc1cc(OC2COCCC2N)ccc1C(C)C. The van der Waals surface area contributed by atoms with Crippen LogP contribution in [0, 0.1) is 6.92 Å². The topological polar surface area (TPSA) is 44.5 Å². The number of ether oxygens (including phenoxy) is 2. The molecular weight excluding hydrogens is 226 g/mol. The third-order valence-electron chi connectivity index (χ3n) is 3.51. The highest BCUT2D eigenvalue weighted by Crippen LogP contribution is 2.25. The van der Waals surface area contributed by atoms with E-state index in [1.165, 1.54) is 11.1 Å². The zero-order valence-corrected chi connectivity index (χ0v) is 11.5. The van der Waals surface area contributed by atoms with Crippen molar-refractivity contribution in [3.05, 3.63) is 29.3 Å². The lowest BCUT2D eigenvalue weighted by molar-refractivity contribution is -0.00534. The summed E-state index contributed by atoms with van der Waals surface area (Å²) in [6, 6.07) is 6.34. The second-order valence-electron chi connectivity index (χ2n) is 5.36. The third kappa shape index (κ3) is 3.03. The van der Waals surface area contributed by atoms with Gasteiger partial charge in [-0.2, -0.15) is 0 Å². The van der Waals surface area contributed by atoms with Crippen molar-refractivity contribution in [2.75, 3.05) is 13.2 Å². The molecular formula is C15H23NO2. The van der Waals surface area contributed by atoms with Crippen molar-refractivity contribution in [1.29, 1.82) is 0 Å². The van der Waals surface area contributed by atoms with Gasteiger partial charge in [0.1, 0.15) is 11.9 Å². The molecule has 1 aromatic carbocycles. The molecule has 2 N–H and O–H groups in total. The summed E-state index contributed by atoms with van der Waals surface area (Å²) in [4.78, 5) is 0. The molecule has 0 bridgehead atoms. The molecule has 2 rings (SSSR count). The number of hydrogen-bond donors (Lipinski definition) is 1. The van der Waals surface area contributed by atoms with Gasteiger partial charge in [-0.25, -0.2) is 0 Å². The molecule has 1 aliphatic rings. The Kier molecular flexibility index (Phi) is 4.25. The fraction of sp³-hybridized carbons (Fsp3) is 0.600. The van der Waals surface area contributed by atoms with Gasteiger partial charge in [-0.15, -0.1) is 0 Å². The van der Waals surface area contributed by atoms with Gasteiger partial charge in [0.2, 0.25) is 0 Å². The first-order chi connectivity index (χ1) is 8.58. The zero-order valence-electron chi connectivity index (χ0n) is 11.5. The average Bonchev–Trinajstić information content (AvgIpc) is 2.32. The van der Waals surface area contributed by atoms with Crippen molar-refractivity contribution in [3.8, 4) is 5.75 Å². The molecule has 1 saturated heterocycles. The van der Waals surface area contributed by atoms with Crippen LogP contribution >= 0.6 is 0 Å². The molecule has 18 heavy (non-hydrogen) atoms. The predicted octanol–water partition coefficient (Wildman–Crippen LogP) is 2.61. The molecule has 0 aliphatic carbocycles. The lowest BCUT2D eigenvalue weighted by Gasteiger charge is -2.29. The van der Waals surface area contributed by atoms with Crippen LogP contribution in [0.3, 0.4) is 0 Å². The van der Waals surface area contributed by atoms with Crippen molar-refractivity contribution >= 4 is 0 Å². The highest BCUT2D eigenvalue weighted by molar-refractivity contribution is 5.36. The largest absolute Gasteiger partial charge is 0.486 e. The normalized spacial score (nSPS) is 24.3. The van der Waals surface area contributed by atoms with E-state index in [-0.39, 0.29) is 12.1 Å². The summed E-state index contributed by atoms with van der Waals surface area (Å²) in [6.45, 7) is 7.86. The van der Waals surface area contributed by atoms with Crippen molar-refractivity contribution in [1.82, 2.24) is 0 Å². The molecule has 2 atom stereocenters. The van der Waals surface area contributed by atoms with Crippen LogP contribution in [0.2, 0.25) is 0 Å². The van der Waals surface area contributed by atoms with Crippen LogP contribution in [0.4, 0.5) is 0 Å². The maximum atomic E-state index is 6.04. The Balaban J connectivity index is 2.07. The van der Waals surface area contributed by atoms with E-state index in [1.807, 2.05) is 6.07 Å². The molecule has 3 nitrogen and oxygen atoms in total. The minimum atomic E-state index is -0.0250. The van der Waals surface area contributed by atoms with Gasteiger partial charge in [0.05, 0.1) is 6.61 Å². The highest BCUT2D eigenvalue weighted by atomic mass is 16.5. The van der Waals surface area contributed by atoms with E-state index in [0.29, 0.717) is 12.5 Å². The van der Waals surface area contributed by atoms with Crippen LogP contribution in [0.5, 0.6) is 5.75 Å². The number of hydrogen-bond acceptors (Lipinski definition) is 3. The monoisotopic (exact) mass is 249 g/mol. The Bertz CT molecular complexity index is 403. The number of nitrogens with two attached hydrogens (primary N) is 1. The molecule has 0 radical (unpaired) electrons. The van der Waals surface area contributed by atoms with E-state index < -0.39 is 0 Å². The molecule has 0 saturated carbocycles. The van der Waals surface area contributed by atoms with Crippen LogP contribution in [0.15, 0.2) is 18.2 Å². The molecule has 1 heterocycles. The van der Waals surface area contributed by atoms with Crippen molar-refractivity contribution in [3.63, 3.8) is 0 Å². The summed E-state index contributed by atoms with van der Waals surface area (Å²) in [5.41, 5.74) is 8.68. The van der Waals surface area contributed by atoms with Crippen molar-refractivity contribution < 1.29 is 9.47 Å². The molecule has 1 aromatic rings. The van der Waals surface area contributed by atoms with Crippen molar-refractivity contribution in [2.45, 2.75) is 45.3 Å². The predicted molar refractivity (Wildman–Crippen MR) is 73.1 cm³/mol. The summed E-state index contributed by atoms with van der Waals surface area (Å²) in [5.74, 6) is 1.43. The Morgan fingerprint density at radius 2 is 2.17 bits per heavy atom. The van der Waals surface area contributed by atoms with E-state index >= 15 is 0 Å². The second-order valence-corrected chi connectivity index (χ2v) is 5.36. The first-order valence-electron chi connectivity index (χ1n) is 6.68. The molecule has 0 amide bonds. The van der Waals surface area contributed by atoms with E-state index in [4.69, 9.17) is 15.2 Å². The summed E-state index contributed by atoms with van der Waals surface area (Å²) < 4.78 is 11.3. The van der Waals surface area contributed by atoms with Gasteiger partial charge in [0.15, 0.2) is 0 Å². The van der Waals surface area contributed by atoms with Gasteiger partial charge in [-0.3, -0.25) is 0 Å². The number of aryl methyl sites for hydroxylation is 1. The maximum absolute atomic E-state index is 6.04. The van der Waals surface area contributed by atoms with Crippen molar-refractivity contribution in [2.24, 2.45) is 5.73 Å². The lowest BCUT2D eigenvalue weighted by Crippen LogP contribution is -2.46. The fourth-order valence-electron chi connectivity index (χ4n) is 2.39. The van der Waals surface area contributed by atoms with Crippen LogP contribution in [0.1, 0.15) is 37.3 Å². The van der Waals surface area contributed by atoms with Gasteiger partial charge in [-0.05, 0) is 42.5 Å². The van der Waals surface area contributed by atoms with E-state index in [0.717, 1.165) is 18.8 Å². The molecule has 0 aromatic heterocycles. The standard InChI is InChI=1S/C15H23NO2/c1-10(2)13-5-4-12(8-11(13)3)18-15-9-17-7-6-14(15)16/h4-5,8,10,14-15H,6-7,9,16H2,1-3H3. The number of rotatable bonds is 3. The Morgan fingerprint density at radius 1 is 1.39 bits per heavy atom. The zero-order chi connectivity index (χ0) is 13.1. The number of benzene rings is 1. The Labute approximate surface area is 109 Å². The summed E-state index contributed by atoms with van der Waals surface area (Å²) in [6.07, 6.45) is 0.844. The lowest BCUT2D eigenvalue weighted by atomic mass is 9.98. The Hall–Kier alpha value is -1.06.